The Kier molecular flexibility index (Phi) is 2.32. The first-order valence-corrected chi connectivity index (χ1v) is 3.83. The summed E-state index contributed by atoms with van der Waals surface area (Å²) < 4.78 is 13.2. The molecule has 0 atom stereocenters. The maximum absolute atomic E-state index is 8.45. The molecule has 0 amide bonds. The van der Waals surface area contributed by atoms with Gasteiger partial charge in [-0.15, -0.1) is 0 Å². The van der Waals surface area contributed by atoms with Gasteiger partial charge in [0.25, 0.3) is 5.19 Å². The van der Waals surface area contributed by atoms with Crippen LogP contribution in [-0.2, 0) is 0 Å². The zero-order valence-electron chi connectivity index (χ0n) is 4.70. The Hall–Kier alpha value is -0.260. The molecule has 0 unspecified atom stereocenters. The van der Waals surface area contributed by atoms with Gasteiger partial charge < -0.3 is 9.29 Å². The Labute approximate surface area is 60.9 Å². The highest BCUT2D eigenvalue weighted by Gasteiger charge is 1.98. The first-order valence-electron chi connectivity index (χ1n) is 2.17. The molecule has 9 heavy (non-hydrogen) atoms. The second-order valence-corrected chi connectivity index (χ2v) is 2.67. The molecule has 1 heterocycles. The smallest absolute Gasteiger partial charge is 0.274 e. The number of ether oxygens (including phenoxy) is 1. The van der Waals surface area contributed by atoms with E-state index in [1.165, 1.54) is 11.3 Å². The fourth-order valence-electron chi connectivity index (χ4n) is 0.379. The van der Waals surface area contributed by atoms with Gasteiger partial charge in [-0.25, -0.2) is 0 Å². The van der Waals surface area contributed by atoms with E-state index in [4.69, 9.17) is 9.29 Å². The van der Waals surface area contributed by atoms with Crippen molar-refractivity contribution in [3.8, 4) is 5.19 Å². The molecule has 50 valence electrons. The molecule has 0 aliphatic rings. The molecule has 1 rings (SSSR count). The molecule has 0 fully saturated rings. The zero-order valence-corrected chi connectivity index (χ0v) is 6.33. The Bertz CT molecular complexity index is 170. The molecular weight excluding hydrogens is 158 g/mol. The fourth-order valence-corrected chi connectivity index (χ4v) is 1.38. The zero-order chi connectivity index (χ0) is 6.69. The molecule has 0 radical (unpaired) electrons. The number of hydrogen-bond donors (Lipinski definition) is 1. The molecule has 1 aromatic heterocycles. The van der Waals surface area contributed by atoms with Gasteiger partial charge in [-0.3, -0.25) is 0 Å². The molecule has 0 aliphatic carbocycles. The summed E-state index contributed by atoms with van der Waals surface area (Å²) in [4.78, 5) is 3.86. The van der Waals surface area contributed by atoms with Crippen LogP contribution in [0, 0.1) is 0 Å². The standard InChI is InChI=1S/C4H5NO2S2/c1-7-4-5-3(9-6)2-8-4/h2,6H,1H3. The Morgan fingerprint density at radius 1 is 1.89 bits per heavy atom. The van der Waals surface area contributed by atoms with E-state index in [0.717, 1.165) is 0 Å². The summed E-state index contributed by atoms with van der Waals surface area (Å²) in [6, 6.07) is 0. The molecule has 5 heteroatoms. The quantitative estimate of drug-likeness (QED) is 0.674. The second kappa shape index (κ2) is 3.05. The molecule has 1 aromatic rings. The third kappa shape index (κ3) is 1.57. The Balaban J connectivity index is 2.74. The summed E-state index contributed by atoms with van der Waals surface area (Å²) in [6.07, 6.45) is 0. The van der Waals surface area contributed by atoms with Crippen LogP contribution in [0.25, 0.3) is 0 Å². The molecular formula is C4H5NO2S2. The first-order chi connectivity index (χ1) is 4.36. The summed E-state index contributed by atoms with van der Waals surface area (Å²) in [5.41, 5.74) is 0. The van der Waals surface area contributed by atoms with E-state index in [0.29, 0.717) is 22.3 Å². The van der Waals surface area contributed by atoms with Gasteiger partial charge in [0.15, 0.2) is 0 Å². The molecule has 0 aliphatic heterocycles. The number of thiazole rings is 1. The third-order valence-corrected chi connectivity index (χ3v) is 2.08. The van der Waals surface area contributed by atoms with Gasteiger partial charge in [0.05, 0.1) is 7.11 Å². The van der Waals surface area contributed by atoms with Gasteiger partial charge in [-0.2, -0.15) is 4.98 Å². The second-order valence-electron chi connectivity index (χ2n) is 1.25. The normalized spacial score (nSPS) is 9.56. The van der Waals surface area contributed by atoms with Crippen LogP contribution < -0.4 is 4.74 Å². The largest absolute Gasteiger partial charge is 0.473 e. The van der Waals surface area contributed by atoms with Crippen LogP contribution in [0.3, 0.4) is 0 Å². The predicted octanol–water partition coefficient (Wildman–Crippen LogP) is 1.72. The molecule has 0 saturated carbocycles. The average molecular weight is 163 g/mol. The molecule has 0 saturated heterocycles. The highest BCUT2D eigenvalue weighted by Crippen LogP contribution is 2.22. The van der Waals surface area contributed by atoms with Crippen molar-refractivity contribution >= 4 is 23.4 Å². The number of hydrogen-bond acceptors (Lipinski definition) is 5. The highest BCUT2D eigenvalue weighted by molar-refractivity contribution is 7.93. The maximum Gasteiger partial charge on any atom is 0.274 e. The van der Waals surface area contributed by atoms with Crippen molar-refractivity contribution in [1.29, 1.82) is 0 Å². The SMILES string of the molecule is COc1nc(SO)cs1. The predicted molar refractivity (Wildman–Crippen MR) is 37.2 cm³/mol. The molecule has 0 aromatic carbocycles. The summed E-state index contributed by atoms with van der Waals surface area (Å²) in [6.45, 7) is 0. The maximum atomic E-state index is 8.45. The van der Waals surface area contributed by atoms with Crippen molar-refractivity contribution in [3.05, 3.63) is 5.38 Å². The van der Waals surface area contributed by atoms with Gasteiger partial charge in [-0.1, -0.05) is 11.3 Å². The van der Waals surface area contributed by atoms with Crippen molar-refractivity contribution in [2.24, 2.45) is 0 Å². The van der Waals surface area contributed by atoms with Gasteiger partial charge in [0, 0.05) is 17.4 Å². The fraction of sp³-hybridized carbons (Fsp3) is 0.250. The summed E-state index contributed by atoms with van der Waals surface area (Å²) >= 11 is 1.98. The minimum atomic E-state index is 0.576. The van der Waals surface area contributed by atoms with Crippen molar-refractivity contribution in [3.63, 3.8) is 0 Å². The van der Waals surface area contributed by atoms with E-state index in [-0.39, 0.29) is 0 Å². The third-order valence-electron chi connectivity index (χ3n) is 0.730. The van der Waals surface area contributed by atoms with E-state index < -0.39 is 0 Å². The van der Waals surface area contributed by atoms with E-state index in [1.54, 1.807) is 12.5 Å². The topological polar surface area (TPSA) is 42.4 Å². The van der Waals surface area contributed by atoms with Crippen LogP contribution >= 0.6 is 23.4 Å². The molecule has 0 spiro atoms. The lowest BCUT2D eigenvalue weighted by Gasteiger charge is -1.86. The highest BCUT2D eigenvalue weighted by atomic mass is 32.2. The van der Waals surface area contributed by atoms with Gasteiger partial charge in [0.1, 0.15) is 5.03 Å². The van der Waals surface area contributed by atoms with E-state index in [9.17, 15) is 0 Å². The number of rotatable bonds is 2. The van der Waals surface area contributed by atoms with Crippen molar-refractivity contribution in [2.45, 2.75) is 5.03 Å². The van der Waals surface area contributed by atoms with Gasteiger partial charge in [0.2, 0.25) is 0 Å². The van der Waals surface area contributed by atoms with Gasteiger partial charge >= 0.3 is 0 Å². The van der Waals surface area contributed by atoms with Crippen LogP contribution in [0.1, 0.15) is 0 Å². The van der Waals surface area contributed by atoms with E-state index in [2.05, 4.69) is 4.98 Å². The van der Waals surface area contributed by atoms with Crippen LogP contribution in [0.4, 0.5) is 0 Å². The van der Waals surface area contributed by atoms with Crippen LogP contribution in [0.2, 0.25) is 0 Å². The molecule has 0 bridgehead atoms. The van der Waals surface area contributed by atoms with Crippen LogP contribution in [-0.4, -0.2) is 16.6 Å². The number of methoxy groups -OCH3 is 1. The minimum absolute atomic E-state index is 0.576. The van der Waals surface area contributed by atoms with E-state index in [1.807, 2.05) is 0 Å². The summed E-state index contributed by atoms with van der Waals surface area (Å²) in [5, 5.41) is 2.88. The minimum Gasteiger partial charge on any atom is -0.473 e. The lowest BCUT2D eigenvalue weighted by atomic mass is 11.0. The summed E-state index contributed by atoms with van der Waals surface area (Å²) in [5.74, 6) is 0. The molecule has 1 N–H and O–H groups in total. The van der Waals surface area contributed by atoms with Crippen molar-refractivity contribution in [1.82, 2.24) is 4.98 Å². The van der Waals surface area contributed by atoms with Crippen molar-refractivity contribution in [2.75, 3.05) is 7.11 Å². The number of nitrogens with zero attached hydrogens (tertiary/aromatic N) is 1. The summed E-state index contributed by atoms with van der Waals surface area (Å²) in [7, 11) is 1.55. The first kappa shape index (κ1) is 6.85. The lowest BCUT2D eigenvalue weighted by Crippen LogP contribution is -1.78. The average Bonchev–Trinajstić information content (AvgIpc) is 2.34. The van der Waals surface area contributed by atoms with Gasteiger partial charge in [-0.05, 0) is 0 Å². The number of aromatic nitrogens is 1. The van der Waals surface area contributed by atoms with E-state index >= 15 is 0 Å². The lowest BCUT2D eigenvalue weighted by molar-refractivity contribution is 0.409. The molecule has 3 nitrogen and oxygen atoms in total. The van der Waals surface area contributed by atoms with Crippen LogP contribution in [0.15, 0.2) is 10.4 Å². The Morgan fingerprint density at radius 2 is 2.67 bits per heavy atom. The Morgan fingerprint density at radius 3 is 3.00 bits per heavy atom. The monoisotopic (exact) mass is 163 g/mol. The van der Waals surface area contributed by atoms with Crippen molar-refractivity contribution < 1.29 is 9.29 Å². The van der Waals surface area contributed by atoms with Crippen LogP contribution in [0.5, 0.6) is 5.19 Å².